The Kier molecular flexibility index (Phi) is 8.76. The van der Waals surface area contributed by atoms with E-state index in [-0.39, 0.29) is 12.3 Å². The summed E-state index contributed by atoms with van der Waals surface area (Å²) in [5.74, 6) is 1.27. The van der Waals surface area contributed by atoms with Gasteiger partial charge in [-0.05, 0) is 62.7 Å². The second kappa shape index (κ2) is 12.0. The minimum absolute atomic E-state index is 0.129. The first-order valence-corrected chi connectivity index (χ1v) is 11.1. The third-order valence-electron chi connectivity index (χ3n) is 5.03. The molecule has 10 nitrogen and oxygen atoms in total. The summed E-state index contributed by atoms with van der Waals surface area (Å²) in [4.78, 5) is 22.5. The smallest absolute Gasteiger partial charge is 0.319 e. The van der Waals surface area contributed by atoms with Crippen molar-refractivity contribution in [3.05, 3.63) is 69.5 Å². The lowest BCUT2D eigenvalue weighted by Gasteiger charge is -2.13. The van der Waals surface area contributed by atoms with E-state index >= 15 is 0 Å². The predicted molar refractivity (Wildman–Crippen MR) is 127 cm³/mol. The number of nitro groups is 1. The van der Waals surface area contributed by atoms with Crippen LogP contribution in [-0.2, 0) is 17.9 Å². The van der Waals surface area contributed by atoms with Crippen molar-refractivity contribution in [2.45, 2.75) is 40.3 Å². The lowest BCUT2D eigenvalue weighted by Crippen LogP contribution is -2.20. The number of amides is 1. The number of aromatic nitrogens is 2. The van der Waals surface area contributed by atoms with E-state index < -0.39 is 35.2 Å². The number of hydrogen-bond acceptors (Lipinski definition) is 7. The average Bonchev–Trinajstić information content (AvgIpc) is 3.16. The molecule has 1 heterocycles. The number of rotatable bonds is 12. The maximum atomic E-state index is 13.1. The number of benzene rings is 2. The second-order valence-electron chi connectivity index (χ2n) is 7.54. The highest BCUT2D eigenvalue weighted by atomic mass is 19.3. The van der Waals surface area contributed by atoms with Crippen LogP contribution in [0.2, 0.25) is 0 Å². The van der Waals surface area contributed by atoms with Crippen LogP contribution >= 0.6 is 0 Å². The molecule has 0 fully saturated rings. The third kappa shape index (κ3) is 6.46. The van der Waals surface area contributed by atoms with Gasteiger partial charge in [-0.3, -0.25) is 19.6 Å². The predicted octanol–water partition coefficient (Wildman–Crippen LogP) is 5.05. The van der Waals surface area contributed by atoms with E-state index in [9.17, 15) is 23.7 Å². The number of hydrogen-bond donors (Lipinski definition) is 1. The van der Waals surface area contributed by atoms with Gasteiger partial charge in [-0.1, -0.05) is 6.07 Å². The van der Waals surface area contributed by atoms with Gasteiger partial charge in [0.2, 0.25) is 11.6 Å². The fraction of sp³-hybridized carbons (Fsp3) is 0.333. The topological polar surface area (TPSA) is 118 Å². The first kappa shape index (κ1) is 26.4. The zero-order chi connectivity index (χ0) is 26.2. The fourth-order valence-corrected chi connectivity index (χ4v) is 3.41. The largest absolute Gasteiger partial charge is 0.490 e. The van der Waals surface area contributed by atoms with Crippen LogP contribution in [0.5, 0.6) is 17.2 Å². The summed E-state index contributed by atoms with van der Waals surface area (Å²) in [5, 5.41) is 17.2. The van der Waals surface area contributed by atoms with Gasteiger partial charge in [0.15, 0.2) is 11.5 Å². The van der Waals surface area contributed by atoms with Crippen molar-refractivity contribution in [1.82, 2.24) is 9.78 Å². The molecule has 3 aromatic rings. The van der Waals surface area contributed by atoms with Crippen LogP contribution in [0.25, 0.3) is 0 Å². The Bertz CT molecular complexity index is 1210. The molecule has 3 rings (SSSR count). The zero-order valence-electron chi connectivity index (χ0n) is 20.0. The average molecular weight is 504 g/mol. The molecule has 0 atom stereocenters. The van der Waals surface area contributed by atoms with Crippen LogP contribution in [0.4, 0.5) is 20.2 Å². The molecule has 0 aliphatic heterocycles. The lowest BCUT2D eigenvalue weighted by atomic mass is 10.2. The van der Waals surface area contributed by atoms with E-state index in [1.165, 1.54) is 6.92 Å². The number of nitrogens with zero attached hydrogens (tertiary/aromatic N) is 3. The number of carbonyl (C=O) groups is 1. The SMILES string of the molecule is CCOc1ccc(COc2ccc(NC(=O)Cn3nc(C(F)F)c([N+](=O)[O-])c3C)cc2)cc1OCC. The summed E-state index contributed by atoms with van der Waals surface area (Å²) in [5.41, 5.74) is -0.574. The van der Waals surface area contributed by atoms with Crippen molar-refractivity contribution >= 4 is 17.3 Å². The first-order valence-electron chi connectivity index (χ1n) is 11.1. The highest BCUT2D eigenvalue weighted by Gasteiger charge is 2.31. The Hall–Kier alpha value is -4.22. The van der Waals surface area contributed by atoms with Crippen LogP contribution in [0.3, 0.4) is 0 Å². The van der Waals surface area contributed by atoms with E-state index in [0.29, 0.717) is 36.1 Å². The summed E-state index contributed by atoms with van der Waals surface area (Å²) in [7, 11) is 0. The number of carbonyl (C=O) groups excluding carboxylic acids is 1. The number of ether oxygens (including phenoxy) is 3. The molecule has 192 valence electrons. The molecule has 0 unspecified atom stereocenters. The van der Waals surface area contributed by atoms with Gasteiger partial charge < -0.3 is 19.5 Å². The van der Waals surface area contributed by atoms with Crippen molar-refractivity contribution < 1.29 is 32.7 Å². The molecular weight excluding hydrogens is 478 g/mol. The molecule has 0 aliphatic rings. The molecule has 2 aromatic carbocycles. The summed E-state index contributed by atoms with van der Waals surface area (Å²) < 4.78 is 44.0. The number of nitrogens with one attached hydrogen (secondary N) is 1. The summed E-state index contributed by atoms with van der Waals surface area (Å²) in [6.07, 6.45) is -3.13. The lowest BCUT2D eigenvalue weighted by molar-refractivity contribution is -0.386. The molecule has 1 N–H and O–H groups in total. The van der Waals surface area contributed by atoms with Crippen molar-refractivity contribution in [3.8, 4) is 17.2 Å². The molecule has 36 heavy (non-hydrogen) atoms. The number of halogens is 2. The van der Waals surface area contributed by atoms with Crippen LogP contribution in [0.15, 0.2) is 42.5 Å². The van der Waals surface area contributed by atoms with Gasteiger partial charge in [-0.15, -0.1) is 0 Å². The Balaban J connectivity index is 1.60. The molecule has 1 aromatic heterocycles. The Labute approximate surface area is 205 Å². The number of alkyl halides is 2. The first-order chi connectivity index (χ1) is 17.2. The minimum atomic E-state index is -3.13. The molecule has 12 heteroatoms. The summed E-state index contributed by atoms with van der Waals surface area (Å²) in [6.45, 7) is 5.89. The molecule has 0 saturated carbocycles. The van der Waals surface area contributed by atoms with Gasteiger partial charge >= 0.3 is 5.69 Å². The maximum absolute atomic E-state index is 13.1. The molecule has 0 spiro atoms. The van der Waals surface area contributed by atoms with Crippen LogP contribution < -0.4 is 19.5 Å². The molecular formula is C24H26F2N4O6. The van der Waals surface area contributed by atoms with E-state index in [2.05, 4.69) is 10.4 Å². The van der Waals surface area contributed by atoms with E-state index in [0.717, 1.165) is 10.2 Å². The van der Waals surface area contributed by atoms with Gasteiger partial charge in [-0.25, -0.2) is 8.78 Å². The van der Waals surface area contributed by atoms with Crippen molar-refractivity contribution in [2.75, 3.05) is 18.5 Å². The van der Waals surface area contributed by atoms with E-state index in [1.807, 2.05) is 32.0 Å². The normalized spacial score (nSPS) is 10.8. The Morgan fingerprint density at radius 2 is 1.75 bits per heavy atom. The summed E-state index contributed by atoms with van der Waals surface area (Å²) >= 11 is 0. The van der Waals surface area contributed by atoms with Crippen molar-refractivity contribution in [1.29, 1.82) is 0 Å². The van der Waals surface area contributed by atoms with Crippen molar-refractivity contribution in [3.63, 3.8) is 0 Å². The van der Waals surface area contributed by atoms with Gasteiger partial charge in [0.05, 0.1) is 18.1 Å². The minimum Gasteiger partial charge on any atom is -0.490 e. The summed E-state index contributed by atoms with van der Waals surface area (Å²) in [6, 6.07) is 12.1. The quantitative estimate of drug-likeness (QED) is 0.271. The molecule has 1 amide bonds. The maximum Gasteiger partial charge on any atom is 0.319 e. The van der Waals surface area contributed by atoms with E-state index in [4.69, 9.17) is 14.2 Å². The highest BCUT2D eigenvalue weighted by Crippen LogP contribution is 2.31. The van der Waals surface area contributed by atoms with Crippen LogP contribution in [0, 0.1) is 17.0 Å². The molecule has 0 radical (unpaired) electrons. The van der Waals surface area contributed by atoms with Gasteiger partial charge in [0.25, 0.3) is 6.43 Å². The van der Waals surface area contributed by atoms with Crippen LogP contribution in [-0.4, -0.2) is 33.8 Å². The van der Waals surface area contributed by atoms with Gasteiger partial charge in [0.1, 0.15) is 24.6 Å². The molecule has 0 aliphatic carbocycles. The van der Waals surface area contributed by atoms with Crippen molar-refractivity contribution in [2.24, 2.45) is 0 Å². The van der Waals surface area contributed by atoms with Gasteiger partial charge in [-0.2, -0.15) is 5.10 Å². The molecule has 0 saturated heterocycles. The van der Waals surface area contributed by atoms with E-state index in [1.54, 1.807) is 24.3 Å². The standard InChI is InChI=1S/C24H26F2N4O6/c1-4-34-19-11-6-16(12-20(19)35-5-2)14-36-18-9-7-17(8-10-18)27-21(31)13-29-15(3)23(30(32)33)22(28-29)24(25)26/h6-12,24H,4-5,13-14H2,1-3H3,(H,27,31). The zero-order valence-corrected chi connectivity index (χ0v) is 20.0. The van der Waals surface area contributed by atoms with Gasteiger partial charge in [0, 0.05) is 5.69 Å². The Morgan fingerprint density at radius 1 is 1.08 bits per heavy atom. The fourth-order valence-electron chi connectivity index (χ4n) is 3.41. The Morgan fingerprint density at radius 3 is 2.33 bits per heavy atom. The third-order valence-corrected chi connectivity index (χ3v) is 5.03. The van der Waals surface area contributed by atoms with Crippen LogP contribution in [0.1, 0.15) is 37.2 Å². The second-order valence-corrected chi connectivity index (χ2v) is 7.54. The number of anilines is 1. The highest BCUT2D eigenvalue weighted by molar-refractivity contribution is 5.90. The monoisotopic (exact) mass is 504 g/mol. The molecule has 0 bridgehead atoms.